The number of carbonyl (C=O) groups is 1. The Morgan fingerprint density at radius 3 is 2.50 bits per heavy atom. The van der Waals surface area contributed by atoms with Crippen LogP contribution in [0, 0.1) is 0 Å². The average molecular weight is 180 g/mol. The summed E-state index contributed by atoms with van der Waals surface area (Å²) in [6.45, 7) is 0.737. The number of ketones is 1. The fraction of sp³-hybridized carbons (Fsp3) is 0.625. The molecule has 0 amide bonds. The monoisotopic (exact) mass is 180 g/mol. The van der Waals surface area contributed by atoms with E-state index in [9.17, 15) is 18.0 Å². The first-order valence-corrected chi connectivity index (χ1v) is 3.60. The minimum absolute atomic E-state index is 0.213. The Morgan fingerprint density at radius 1 is 1.50 bits per heavy atom. The van der Waals surface area contributed by atoms with Gasteiger partial charge in [-0.15, -0.1) is 0 Å². The van der Waals surface area contributed by atoms with Crippen LogP contribution in [0.5, 0.6) is 0 Å². The molecule has 0 unspecified atom stereocenters. The molecule has 70 valence electrons. The van der Waals surface area contributed by atoms with E-state index in [0.717, 1.165) is 6.08 Å². The highest BCUT2D eigenvalue weighted by molar-refractivity contribution is 5.90. The molecule has 0 aliphatic heterocycles. The van der Waals surface area contributed by atoms with E-state index in [0.29, 0.717) is 0 Å². The third-order valence-corrected chi connectivity index (χ3v) is 1.23. The number of hydrogen-bond acceptors (Lipinski definition) is 1. The van der Waals surface area contributed by atoms with Gasteiger partial charge >= 0.3 is 0 Å². The van der Waals surface area contributed by atoms with Crippen LogP contribution in [-0.2, 0) is 4.79 Å². The number of alkyl halides is 3. The first kappa shape index (κ1) is 11.2. The lowest BCUT2D eigenvalue weighted by molar-refractivity contribution is -0.115. The molecular weight excluding hydrogens is 169 g/mol. The molecular formula is C8H11F3O. The van der Waals surface area contributed by atoms with Gasteiger partial charge in [0.05, 0.1) is 0 Å². The second kappa shape index (κ2) is 5.80. The van der Waals surface area contributed by atoms with E-state index < -0.39 is 25.3 Å². The second-order valence-electron chi connectivity index (χ2n) is 2.52. The predicted molar refractivity (Wildman–Crippen MR) is 40.0 cm³/mol. The maximum Gasteiger partial charge on any atom is 0.239 e. The number of carbonyl (C=O) groups excluding carboxylic acids is 1. The lowest BCUT2D eigenvalue weighted by atomic mass is 10.2. The van der Waals surface area contributed by atoms with E-state index in [4.69, 9.17) is 0 Å². The van der Waals surface area contributed by atoms with Gasteiger partial charge in [-0.05, 0) is 18.6 Å². The van der Waals surface area contributed by atoms with Crippen LogP contribution in [0.2, 0.25) is 0 Å². The van der Waals surface area contributed by atoms with Crippen molar-refractivity contribution in [2.75, 3.05) is 6.67 Å². The standard InChI is InChI=1S/C8H11F3O/c1-6(5-9)4-7(12)2-3-8(10)11/h4,8H,2-3,5H2,1H3/b6-4+. The van der Waals surface area contributed by atoms with Gasteiger partial charge in [-0.25, -0.2) is 13.2 Å². The van der Waals surface area contributed by atoms with Crippen molar-refractivity contribution in [3.63, 3.8) is 0 Å². The normalized spacial score (nSPS) is 12.2. The zero-order valence-electron chi connectivity index (χ0n) is 6.82. The minimum atomic E-state index is -2.46. The molecule has 0 atom stereocenters. The summed E-state index contributed by atoms with van der Waals surface area (Å²) in [5.41, 5.74) is 0.272. The van der Waals surface area contributed by atoms with E-state index in [-0.39, 0.29) is 12.0 Å². The van der Waals surface area contributed by atoms with Crippen LogP contribution in [0.15, 0.2) is 11.6 Å². The van der Waals surface area contributed by atoms with Gasteiger partial charge in [-0.1, -0.05) is 0 Å². The van der Waals surface area contributed by atoms with Crippen LogP contribution in [0.4, 0.5) is 13.2 Å². The van der Waals surface area contributed by atoms with Crippen molar-refractivity contribution in [3.8, 4) is 0 Å². The molecule has 0 bridgehead atoms. The summed E-state index contributed by atoms with van der Waals surface area (Å²) in [5, 5.41) is 0. The quantitative estimate of drug-likeness (QED) is 0.594. The summed E-state index contributed by atoms with van der Waals surface area (Å²) in [5.74, 6) is -0.439. The summed E-state index contributed by atoms with van der Waals surface area (Å²) in [7, 11) is 0. The number of rotatable bonds is 5. The Bertz CT molecular complexity index is 175. The summed E-state index contributed by atoms with van der Waals surface area (Å²) < 4.78 is 34.9. The van der Waals surface area contributed by atoms with Gasteiger partial charge in [-0.3, -0.25) is 4.79 Å². The molecule has 0 spiro atoms. The Labute approximate surface area is 69.3 Å². The fourth-order valence-corrected chi connectivity index (χ4v) is 0.637. The molecule has 4 heteroatoms. The van der Waals surface area contributed by atoms with Crippen LogP contribution in [-0.4, -0.2) is 18.9 Å². The van der Waals surface area contributed by atoms with Crippen LogP contribution >= 0.6 is 0 Å². The third-order valence-electron chi connectivity index (χ3n) is 1.23. The molecule has 0 radical (unpaired) electrons. The predicted octanol–water partition coefficient (Wildman–Crippen LogP) is 2.52. The van der Waals surface area contributed by atoms with Crippen LogP contribution in [0.25, 0.3) is 0 Å². The van der Waals surface area contributed by atoms with E-state index in [2.05, 4.69) is 0 Å². The Hall–Kier alpha value is -0.800. The summed E-state index contributed by atoms with van der Waals surface area (Å²) >= 11 is 0. The van der Waals surface area contributed by atoms with E-state index in [1.807, 2.05) is 0 Å². The van der Waals surface area contributed by atoms with E-state index >= 15 is 0 Å². The smallest absolute Gasteiger partial charge is 0.239 e. The summed E-state index contributed by atoms with van der Waals surface area (Å²) in [6.07, 6.45) is -2.06. The number of allylic oxidation sites excluding steroid dienone is 2. The third kappa shape index (κ3) is 5.95. The lowest BCUT2D eigenvalue weighted by Gasteiger charge is -1.96. The largest absolute Gasteiger partial charge is 0.295 e. The molecule has 0 aromatic heterocycles. The second-order valence-corrected chi connectivity index (χ2v) is 2.52. The highest BCUT2D eigenvalue weighted by Crippen LogP contribution is 2.05. The highest BCUT2D eigenvalue weighted by atomic mass is 19.3. The molecule has 0 saturated heterocycles. The Morgan fingerprint density at radius 2 is 2.08 bits per heavy atom. The van der Waals surface area contributed by atoms with Gasteiger partial charge in [0.15, 0.2) is 5.78 Å². The Balaban J connectivity index is 3.74. The van der Waals surface area contributed by atoms with Crippen molar-refractivity contribution in [1.82, 2.24) is 0 Å². The van der Waals surface area contributed by atoms with Gasteiger partial charge in [0, 0.05) is 12.8 Å². The summed E-state index contributed by atoms with van der Waals surface area (Å²) in [4.78, 5) is 10.7. The topological polar surface area (TPSA) is 17.1 Å². The fourth-order valence-electron chi connectivity index (χ4n) is 0.637. The van der Waals surface area contributed by atoms with Crippen molar-refractivity contribution in [2.24, 2.45) is 0 Å². The molecule has 0 aliphatic carbocycles. The van der Waals surface area contributed by atoms with Crippen molar-refractivity contribution < 1.29 is 18.0 Å². The molecule has 0 rings (SSSR count). The molecule has 0 heterocycles. The van der Waals surface area contributed by atoms with Crippen molar-refractivity contribution in [2.45, 2.75) is 26.2 Å². The van der Waals surface area contributed by atoms with Gasteiger partial charge in [0.1, 0.15) is 6.67 Å². The van der Waals surface area contributed by atoms with Gasteiger partial charge in [0.2, 0.25) is 6.43 Å². The van der Waals surface area contributed by atoms with Gasteiger partial charge < -0.3 is 0 Å². The maximum atomic E-state index is 11.8. The van der Waals surface area contributed by atoms with Crippen molar-refractivity contribution in [3.05, 3.63) is 11.6 Å². The van der Waals surface area contributed by atoms with Crippen molar-refractivity contribution in [1.29, 1.82) is 0 Å². The maximum absolute atomic E-state index is 11.8. The van der Waals surface area contributed by atoms with Gasteiger partial charge in [0.25, 0.3) is 0 Å². The zero-order valence-corrected chi connectivity index (χ0v) is 6.82. The summed E-state index contributed by atoms with van der Waals surface area (Å²) in [6, 6.07) is 0. The molecule has 0 saturated carbocycles. The number of hydrogen-bond donors (Lipinski definition) is 0. The van der Waals surface area contributed by atoms with Crippen molar-refractivity contribution >= 4 is 5.78 Å². The lowest BCUT2D eigenvalue weighted by Crippen LogP contribution is -1.99. The Kier molecular flexibility index (Phi) is 5.41. The first-order valence-electron chi connectivity index (χ1n) is 3.60. The zero-order chi connectivity index (χ0) is 9.56. The molecule has 0 N–H and O–H groups in total. The van der Waals surface area contributed by atoms with E-state index in [1.165, 1.54) is 6.92 Å². The molecule has 1 nitrogen and oxygen atoms in total. The van der Waals surface area contributed by atoms with Crippen LogP contribution < -0.4 is 0 Å². The molecule has 0 aliphatic rings. The molecule has 0 fully saturated rings. The number of halogens is 3. The van der Waals surface area contributed by atoms with E-state index in [1.54, 1.807) is 0 Å². The molecule has 0 aromatic rings. The average Bonchev–Trinajstić information content (AvgIpc) is 2.00. The molecule has 12 heavy (non-hydrogen) atoms. The first-order chi connectivity index (χ1) is 5.56. The van der Waals surface area contributed by atoms with Crippen LogP contribution in [0.1, 0.15) is 19.8 Å². The van der Waals surface area contributed by atoms with Gasteiger partial charge in [-0.2, -0.15) is 0 Å². The van der Waals surface area contributed by atoms with Crippen LogP contribution in [0.3, 0.4) is 0 Å². The SMILES string of the molecule is C/C(=C\C(=O)CCC(F)F)CF. The highest BCUT2D eigenvalue weighted by Gasteiger charge is 2.05. The molecule has 0 aromatic carbocycles. The minimum Gasteiger partial charge on any atom is -0.295 e.